The number of rotatable bonds is 4. The number of carboxylic acid groups (broad SMARTS) is 1. The Hall–Kier alpha value is -1.43. The van der Waals surface area contributed by atoms with Crippen molar-refractivity contribution in [3.8, 4) is 0 Å². The summed E-state index contributed by atoms with van der Waals surface area (Å²) >= 11 is 1.31. The Kier molecular flexibility index (Phi) is 3.79. The second kappa shape index (κ2) is 4.88. The van der Waals surface area contributed by atoms with Crippen molar-refractivity contribution < 1.29 is 14.7 Å². The van der Waals surface area contributed by atoms with Gasteiger partial charge in [-0.3, -0.25) is 9.59 Å². The summed E-state index contributed by atoms with van der Waals surface area (Å²) in [4.78, 5) is 27.9. The molecule has 0 spiro atoms. The highest BCUT2D eigenvalue weighted by Gasteiger charge is 2.14. The molecule has 15 heavy (non-hydrogen) atoms. The number of carboxylic acids is 1. The van der Waals surface area contributed by atoms with Crippen molar-refractivity contribution in [3.63, 3.8) is 0 Å². The molecule has 1 heterocycles. The maximum absolute atomic E-state index is 11.7. The third-order valence-electron chi connectivity index (χ3n) is 1.84. The van der Waals surface area contributed by atoms with E-state index in [1.54, 1.807) is 7.05 Å². The highest BCUT2D eigenvalue weighted by Crippen LogP contribution is 2.13. The summed E-state index contributed by atoms with van der Waals surface area (Å²) in [6.45, 7) is 2.03. The maximum atomic E-state index is 11.7. The Morgan fingerprint density at radius 1 is 1.60 bits per heavy atom. The highest BCUT2D eigenvalue weighted by molar-refractivity contribution is 7.13. The van der Waals surface area contributed by atoms with Crippen LogP contribution >= 0.6 is 11.3 Å². The minimum absolute atomic E-state index is 0.0416. The van der Waals surface area contributed by atoms with E-state index in [4.69, 9.17) is 5.11 Å². The number of aliphatic carboxylic acids is 1. The standard InChI is InChI=1S/C9H12N2O3S/c1-6-10-5-7(15-6)9(14)11(2)4-3-8(12)13/h5H,3-4H2,1-2H3,(H,12,13). The van der Waals surface area contributed by atoms with E-state index < -0.39 is 5.97 Å². The molecule has 5 nitrogen and oxygen atoms in total. The van der Waals surface area contributed by atoms with Crippen LogP contribution in [0.25, 0.3) is 0 Å². The Bertz CT molecular complexity index is 375. The van der Waals surface area contributed by atoms with Gasteiger partial charge in [-0.25, -0.2) is 4.98 Å². The molecule has 0 atom stereocenters. The molecule has 0 saturated carbocycles. The van der Waals surface area contributed by atoms with Crippen LogP contribution < -0.4 is 0 Å². The van der Waals surface area contributed by atoms with Gasteiger partial charge in [0.2, 0.25) is 0 Å². The summed E-state index contributed by atoms with van der Waals surface area (Å²) in [6, 6.07) is 0. The second-order valence-corrected chi connectivity index (χ2v) is 4.35. The topological polar surface area (TPSA) is 70.5 Å². The molecule has 0 aliphatic heterocycles. The number of carbonyl (C=O) groups excluding carboxylic acids is 1. The van der Waals surface area contributed by atoms with Crippen molar-refractivity contribution in [1.29, 1.82) is 0 Å². The van der Waals surface area contributed by atoms with Gasteiger partial charge in [0, 0.05) is 13.6 Å². The van der Waals surface area contributed by atoms with Gasteiger partial charge in [0.05, 0.1) is 17.6 Å². The number of carbonyl (C=O) groups is 2. The van der Waals surface area contributed by atoms with Crippen molar-refractivity contribution in [2.45, 2.75) is 13.3 Å². The van der Waals surface area contributed by atoms with Crippen LogP contribution in [-0.4, -0.2) is 40.5 Å². The first-order valence-electron chi connectivity index (χ1n) is 4.40. The molecule has 0 unspecified atom stereocenters. The molecule has 0 aliphatic rings. The van der Waals surface area contributed by atoms with E-state index >= 15 is 0 Å². The first-order chi connectivity index (χ1) is 7.00. The first kappa shape index (κ1) is 11.6. The van der Waals surface area contributed by atoms with Crippen LogP contribution in [0.1, 0.15) is 21.1 Å². The van der Waals surface area contributed by atoms with Gasteiger partial charge in [-0.1, -0.05) is 0 Å². The number of aromatic nitrogens is 1. The molecule has 1 rings (SSSR count). The zero-order valence-electron chi connectivity index (χ0n) is 8.56. The maximum Gasteiger partial charge on any atom is 0.305 e. The Labute approximate surface area is 91.4 Å². The quantitative estimate of drug-likeness (QED) is 0.834. The van der Waals surface area contributed by atoms with Crippen molar-refractivity contribution in [3.05, 3.63) is 16.1 Å². The summed E-state index contributed by atoms with van der Waals surface area (Å²) < 4.78 is 0. The lowest BCUT2D eigenvalue weighted by molar-refractivity contribution is -0.137. The molecule has 1 amide bonds. The molecule has 1 N–H and O–H groups in total. The van der Waals surface area contributed by atoms with Crippen LogP contribution in [0, 0.1) is 6.92 Å². The average molecular weight is 228 g/mol. The van der Waals surface area contributed by atoms with Gasteiger partial charge in [0.25, 0.3) is 5.91 Å². The fourth-order valence-corrected chi connectivity index (χ4v) is 1.79. The van der Waals surface area contributed by atoms with Gasteiger partial charge in [-0.15, -0.1) is 11.3 Å². The predicted molar refractivity (Wildman–Crippen MR) is 56.1 cm³/mol. The van der Waals surface area contributed by atoms with E-state index in [0.717, 1.165) is 5.01 Å². The Morgan fingerprint density at radius 2 is 2.27 bits per heavy atom. The minimum Gasteiger partial charge on any atom is -0.481 e. The smallest absolute Gasteiger partial charge is 0.305 e. The average Bonchev–Trinajstić information content (AvgIpc) is 2.60. The number of nitrogens with zero attached hydrogens (tertiary/aromatic N) is 2. The summed E-state index contributed by atoms with van der Waals surface area (Å²) in [5.74, 6) is -1.09. The third kappa shape index (κ3) is 3.32. The SMILES string of the molecule is Cc1ncc(C(=O)N(C)CCC(=O)O)s1. The summed E-state index contributed by atoms with van der Waals surface area (Å²) in [7, 11) is 1.58. The fourth-order valence-electron chi connectivity index (χ4n) is 1.01. The van der Waals surface area contributed by atoms with Crippen molar-refractivity contribution in [2.75, 3.05) is 13.6 Å². The lowest BCUT2D eigenvalue weighted by Crippen LogP contribution is -2.28. The Balaban J connectivity index is 2.57. The predicted octanol–water partition coefficient (Wildman–Crippen LogP) is 0.998. The van der Waals surface area contributed by atoms with Crippen LogP contribution in [0.4, 0.5) is 0 Å². The first-order valence-corrected chi connectivity index (χ1v) is 5.22. The molecule has 0 aliphatic carbocycles. The summed E-state index contributed by atoms with van der Waals surface area (Å²) in [6.07, 6.45) is 1.47. The van der Waals surface area contributed by atoms with E-state index in [1.807, 2.05) is 6.92 Å². The van der Waals surface area contributed by atoms with E-state index in [9.17, 15) is 9.59 Å². The number of amides is 1. The number of aryl methyl sites for hydroxylation is 1. The van der Waals surface area contributed by atoms with Gasteiger partial charge in [-0.2, -0.15) is 0 Å². The molecule has 0 radical (unpaired) electrons. The van der Waals surface area contributed by atoms with Crippen LogP contribution in [0.3, 0.4) is 0 Å². The molecule has 1 aromatic rings. The number of hydrogen-bond acceptors (Lipinski definition) is 4. The van der Waals surface area contributed by atoms with E-state index in [-0.39, 0.29) is 18.9 Å². The fraction of sp³-hybridized carbons (Fsp3) is 0.444. The van der Waals surface area contributed by atoms with E-state index in [0.29, 0.717) is 4.88 Å². The molecule has 82 valence electrons. The number of thiazole rings is 1. The summed E-state index contributed by atoms with van der Waals surface area (Å²) in [5.41, 5.74) is 0. The lowest BCUT2D eigenvalue weighted by atomic mass is 10.4. The van der Waals surface area contributed by atoms with Crippen LogP contribution in [0.5, 0.6) is 0 Å². The minimum atomic E-state index is -0.907. The lowest BCUT2D eigenvalue weighted by Gasteiger charge is -2.14. The zero-order valence-corrected chi connectivity index (χ0v) is 9.37. The van der Waals surface area contributed by atoms with Gasteiger partial charge in [0.15, 0.2) is 0 Å². The molecular weight excluding hydrogens is 216 g/mol. The van der Waals surface area contributed by atoms with Gasteiger partial charge in [-0.05, 0) is 6.92 Å². The molecule has 6 heteroatoms. The van der Waals surface area contributed by atoms with E-state index in [1.165, 1.54) is 22.4 Å². The van der Waals surface area contributed by atoms with Crippen LogP contribution in [0.15, 0.2) is 6.20 Å². The molecule has 0 aromatic carbocycles. The summed E-state index contributed by atoms with van der Waals surface area (Å²) in [5, 5.41) is 9.30. The van der Waals surface area contributed by atoms with Gasteiger partial charge in [0.1, 0.15) is 4.88 Å². The largest absolute Gasteiger partial charge is 0.481 e. The van der Waals surface area contributed by atoms with Crippen molar-refractivity contribution in [2.24, 2.45) is 0 Å². The Morgan fingerprint density at radius 3 is 2.73 bits per heavy atom. The van der Waals surface area contributed by atoms with Gasteiger partial charge < -0.3 is 10.0 Å². The van der Waals surface area contributed by atoms with Crippen LogP contribution in [-0.2, 0) is 4.79 Å². The molecule has 1 aromatic heterocycles. The zero-order chi connectivity index (χ0) is 11.4. The van der Waals surface area contributed by atoms with Crippen LogP contribution in [0.2, 0.25) is 0 Å². The van der Waals surface area contributed by atoms with E-state index in [2.05, 4.69) is 4.98 Å². The molecular formula is C9H12N2O3S. The normalized spacial score (nSPS) is 10.0. The molecule has 0 fully saturated rings. The van der Waals surface area contributed by atoms with Crippen molar-refractivity contribution in [1.82, 2.24) is 9.88 Å². The number of hydrogen-bond donors (Lipinski definition) is 1. The monoisotopic (exact) mass is 228 g/mol. The molecule has 0 bridgehead atoms. The second-order valence-electron chi connectivity index (χ2n) is 3.11. The third-order valence-corrected chi connectivity index (χ3v) is 2.74. The van der Waals surface area contributed by atoms with Crippen molar-refractivity contribution >= 4 is 23.2 Å². The van der Waals surface area contributed by atoms with Gasteiger partial charge >= 0.3 is 5.97 Å². The highest BCUT2D eigenvalue weighted by atomic mass is 32.1. The molecule has 0 saturated heterocycles.